The molecule has 0 fully saturated rings. The van der Waals surface area contributed by atoms with Crippen molar-refractivity contribution in [2.24, 2.45) is 0 Å². The molecule has 0 saturated carbocycles. The van der Waals surface area contributed by atoms with E-state index in [1.165, 1.54) is 19.3 Å². The molecule has 2 nitrogen and oxygen atoms in total. The molecular formula is C10H21O2. The quantitative estimate of drug-likeness (QED) is 0.415. The molecule has 1 atom stereocenters. The lowest BCUT2D eigenvalue weighted by atomic mass is 10.2. The molecule has 73 valence electrons. The maximum Gasteiger partial charge on any atom is 0.157 e. The molecule has 0 aliphatic rings. The molecule has 0 aromatic carbocycles. The van der Waals surface area contributed by atoms with Crippen LogP contribution in [0.15, 0.2) is 0 Å². The van der Waals surface area contributed by atoms with Crippen molar-refractivity contribution in [1.29, 1.82) is 0 Å². The van der Waals surface area contributed by atoms with Crippen LogP contribution in [-0.2, 0) is 9.47 Å². The minimum atomic E-state index is -0.0310. The summed E-state index contributed by atoms with van der Waals surface area (Å²) in [5, 5.41) is 0. The summed E-state index contributed by atoms with van der Waals surface area (Å²) >= 11 is 0. The monoisotopic (exact) mass is 173 g/mol. The van der Waals surface area contributed by atoms with Crippen molar-refractivity contribution < 1.29 is 9.47 Å². The Bertz CT molecular complexity index is 83.9. The Labute approximate surface area is 76.3 Å². The summed E-state index contributed by atoms with van der Waals surface area (Å²) in [7, 11) is 1.69. The molecule has 0 aliphatic heterocycles. The van der Waals surface area contributed by atoms with Crippen LogP contribution in [0.2, 0.25) is 0 Å². The fourth-order valence-electron chi connectivity index (χ4n) is 1.01. The van der Waals surface area contributed by atoms with Crippen LogP contribution in [0.25, 0.3) is 0 Å². The lowest BCUT2D eigenvalue weighted by Crippen LogP contribution is -2.13. The van der Waals surface area contributed by atoms with Gasteiger partial charge in [-0.3, -0.25) is 0 Å². The molecule has 2 heteroatoms. The number of hydrogen-bond acceptors (Lipinski definition) is 2. The van der Waals surface area contributed by atoms with Crippen molar-refractivity contribution in [3.05, 3.63) is 6.61 Å². The van der Waals surface area contributed by atoms with E-state index in [0.29, 0.717) is 0 Å². The van der Waals surface area contributed by atoms with Crippen molar-refractivity contribution in [3.8, 4) is 0 Å². The molecule has 0 rings (SSSR count). The summed E-state index contributed by atoms with van der Waals surface area (Å²) in [5.41, 5.74) is 0. The van der Waals surface area contributed by atoms with Gasteiger partial charge in [0, 0.05) is 7.11 Å². The van der Waals surface area contributed by atoms with E-state index in [9.17, 15) is 0 Å². The average Bonchev–Trinajstić information content (AvgIpc) is 2.11. The first kappa shape index (κ1) is 11.9. The maximum atomic E-state index is 5.34. The van der Waals surface area contributed by atoms with Crippen LogP contribution in [0.5, 0.6) is 0 Å². The number of ether oxygens (including phenoxy) is 2. The lowest BCUT2D eigenvalue weighted by Gasteiger charge is -2.14. The van der Waals surface area contributed by atoms with E-state index in [2.05, 4.69) is 13.8 Å². The second-order valence-corrected chi connectivity index (χ2v) is 2.87. The van der Waals surface area contributed by atoms with E-state index in [0.717, 1.165) is 12.8 Å². The highest BCUT2D eigenvalue weighted by molar-refractivity contribution is 4.51. The van der Waals surface area contributed by atoms with Crippen LogP contribution in [0.4, 0.5) is 0 Å². The van der Waals surface area contributed by atoms with E-state index < -0.39 is 0 Å². The summed E-state index contributed by atoms with van der Waals surface area (Å²) < 4.78 is 10.5. The third-order valence-electron chi connectivity index (χ3n) is 1.72. The average molecular weight is 173 g/mol. The molecule has 0 aliphatic carbocycles. The molecule has 1 radical (unpaired) electrons. The number of hydrogen-bond donors (Lipinski definition) is 0. The third kappa shape index (κ3) is 6.62. The topological polar surface area (TPSA) is 18.5 Å². The largest absolute Gasteiger partial charge is 0.356 e. The van der Waals surface area contributed by atoms with Gasteiger partial charge in [-0.15, -0.1) is 0 Å². The molecule has 1 unspecified atom stereocenters. The van der Waals surface area contributed by atoms with Crippen molar-refractivity contribution in [2.45, 2.75) is 52.2 Å². The highest BCUT2D eigenvalue weighted by Crippen LogP contribution is 2.08. The normalized spacial score (nSPS) is 13.2. The van der Waals surface area contributed by atoms with Gasteiger partial charge in [-0.25, -0.2) is 0 Å². The van der Waals surface area contributed by atoms with Gasteiger partial charge in [0.05, 0.1) is 6.61 Å². The molecule has 0 spiro atoms. The summed E-state index contributed by atoms with van der Waals surface area (Å²) in [4.78, 5) is 0. The molecule has 0 N–H and O–H groups in total. The van der Waals surface area contributed by atoms with Gasteiger partial charge in [-0.1, -0.05) is 26.7 Å². The molecule has 0 aromatic heterocycles. The minimum Gasteiger partial charge on any atom is -0.356 e. The van der Waals surface area contributed by atoms with Crippen LogP contribution in [0, 0.1) is 6.61 Å². The molecule has 0 amide bonds. The standard InChI is InChI=1S/C10H21O2/c1-4-6-7-8-10(11-3)12-9-5-2/h9-10H,4-8H2,1-3H3. The first-order valence-electron chi connectivity index (χ1n) is 4.85. The highest BCUT2D eigenvalue weighted by Gasteiger charge is 2.05. The van der Waals surface area contributed by atoms with Crippen molar-refractivity contribution in [3.63, 3.8) is 0 Å². The molecule has 0 aromatic rings. The zero-order valence-corrected chi connectivity index (χ0v) is 8.51. The third-order valence-corrected chi connectivity index (χ3v) is 1.72. The molecule has 12 heavy (non-hydrogen) atoms. The molecule has 0 saturated heterocycles. The van der Waals surface area contributed by atoms with Crippen molar-refractivity contribution in [1.82, 2.24) is 0 Å². The van der Waals surface area contributed by atoms with Crippen LogP contribution >= 0.6 is 0 Å². The van der Waals surface area contributed by atoms with Gasteiger partial charge >= 0.3 is 0 Å². The Morgan fingerprint density at radius 1 is 1.25 bits per heavy atom. The van der Waals surface area contributed by atoms with Gasteiger partial charge in [-0.05, 0) is 19.3 Å². The first-order chi connectivity index (χ1) is 5.85. The Balaban J connectivity index is 3.26. The summed E-state index contributed by atoms with van der Waals surface area (Å²) in [5.74, 6) is 0. The van der Waals surface area contributed by atoms with Gasteiger partial charge in [0.2, 0.25) is 0 Å². The Morgan fingerprint density at radius 3 is 2.50 bits per heavy atom. The number of unbranched alkanes of at least 4 members (excludes halogenated alkanes) is 2. The predicted octanol–water partition coefficient (Wildman–Crippen LogP) is 3.13. The maximum absolute atomic E-state index is 5.34. The predicted molar refractivity (Wildman–Crippen MR) is 50.6 cm³/mol. The van der Waals surface area contributed by atoms with E-state index in [1.54, 1.807) is 13.7 Å². The molecule has 0 bridgehead atoms. The summed E-state index contributed by atoms with van der Waals surface area (Å²) in [6.45, 7) is 6.06. The summed E-state index contributed by atoms with van der Waals surface area (Å²) in [6.07, 6.45) is 5.60. The van der Waals surface area contributed by atoms with Crippen LogP contribution < -0.4 is 0 Å². The lowest BCUT2D eigenvalue weighted by molar-refractivity contribution is -0.105. The number of methoxy groups -OCH3 is 1. The first-order valence-corrected chi connectivity index (χ1v) is 4.85. The van der Waals surface area contributed by atoms with Gasteiger partial charge in [0.15, 0.2) is 6.29 Å². The second kappa shape index (κ2) is 9.01. The SMILES string of the molecule is CC[CH]OC(CCCCC)OC. The van der Waals surface area contributed by atoms with E-state index >= 15 is 0 Å². The molecule has 0 heterocycles. The highest BCUT2D eigenvalue weighted by atomic mass is 16.7. The van der Waals surface area contributed by atoms with Crippen LogP contribution in [0.1, 0.15) is 46.0 Å². The molecular weight excluding hydrogens is 152 g/mol. The van der Waals surface area contributed by atoms with Gasteiger partial charge < -0.3 is 9.47 Å². The smallest absolute Gasteiger partial charge is 0.157 e. The van der Waals surface area contributed by atoms with Gasteiger partial charge in [0.1, 0.15) is 0 Å². The fraction of sp³-hybridized carbons (Fsp3) is 0.900. The fourth-order valence-corrected chi connectivity index (χ4v) is 1.01. The van der Waals surface area contributed by atoms with Crippen molar-refractivity contribution in [2.75, 3.05) is 7.11 Å². The Hall–Kier alpha value is -0.0800. The second-order valence-electron chi connectivity index (χ2n) is 2.87. The Morgan fingerprint density at radius 2 is 2.00 bits per heavy atom. The summed E-state index contributed by atoms with van der Waals surface area (Å²) in [6, 6.07) is 0. The van der Waals surface area contributed by atoms with E-state index in [-0.39, 0.29) is 6.29 Å². The van der Waals surface area contributed by atoms with Gasteiger partial charge in [0.25, 0.3) is 0 Å². The van der Waals surface area contributed by atoms with E-state index in [1.807, 2.05) is 0 Å². The zero-order valence-electron chi connectivity index (χ0n) is 8.51. The van der Waals surface area contributed by atoms with E-state index in [4.69, 9.17) is 9.47 Å². The zero-order chi connectivity index (χ0) is 9.23. The van der Waals surface area contributed by atoms with Gasteiger partial charge in [-0.2, -0.15) is 0 Å². The minimum absolute atomic E-state index is 0.0310. The number of rotatable bonds is 8. The van der Waals surface area contributed by atoms with Crippen LogP contribution in [-0.4, -0.2) is 13.4 Å². The van der Waals surface area contributed by atoms with Crippen LogP contribution in [0.3, 0.4) is 0 Å². The van der Waals surface area contributed by atoms with Crippen molar-refractivity contribution >= 4 is 0 Å². The Kier molecular flexibility index (Phi) is 8.95.